The molecule has 5 nitrogen and oxygen atoms in total. The first kappa shape index (κ1) is 16.6. The van der Waals surface area contributed by atoms with Gasteiger partial charge in [-0.1, -0.05) is 0 Å². The van der Waals surface area contributed by atoms with Crippen molar-refractivity contribution in [3.8, 4) is 6.07 Å². The third-order valence-electron chi connectivity index (χ3n) is 2.88. The summed E-state index contributed by atoms with van der Waals surface area (Å²) in [6.07, 6.45) is 2.33. The summed E-state index contributed by atoms with van der Waals surface area (Å²) in [6.45, 7) is 5.20. The fraction of sp³-hybridized carbons (Fsp3) is 0.312. The van der Waals surface area contributed by atoms with Gasteiger partial charge in [-0.3, -0.25) is 0 Å². The fourth-order valence-corrected chi connectivity index (χ4v) is 1.92. The molecule has 1 aromatic heterocycles. The lowest BCUT2D eigenvalue weighted by molar-refractivity contribution is 0.0514. The second-order valence-corrected chi connectivity index (χ2v) is 5.99. The van der Waals surface area contributed by atoms with Gasteiger partial charge in [-0.05, 0) is 44.0 Å². The lowest BCUT2D eigenvalue weighted by atomic mass is 10.0. The summed E-state index contributed by atoms with van der Waals surface area (Å²) in [4.78, 5) is 11.9. The molecule has 0 atom stereocenters. The molecule has 7 heteroatoms. The molecule has 0 saturated heterocycles. The second kappa shape index (κ2) is 6.16. The van der Waals surface area contributed by atoms with Crippen LogP contribution in [-0.2, 0) is 11.2 Å². The minimum atomic E-state index is -1.07. The highest BCUT2D eigenvalue weighted by Gasteiger charge is 2.19. The van der Waals surface area contributed by atoms with Crippen molar-refractivity contribution in [1.82, 2.24) is 9.78 Å². The molecule has 0 amide bonds. The summed E-state index contributed by atoms with van der Waals surface area (Å²) in [5, 5.41) is 12.9. The van der Waals surface area contributed by atoms with Crippen molar-refractivity contribution in [3.63, 3.8) is 0 Å². The summed E-state index contributed by atoms with van der Waals surface area (Å²) >= 11 is 0. The first-order chi connectivity index (χ1) is 10.7. The summed E-state index contributed by atoms with van der Waals surface area (Å²) in [5.41, 5.74) is 0.263. The molecule has 23 heavy (non-hydrogen) atoms. The topological polar surface area (TPSA) is 67.9 Å². The maximum atomic E-state index is 13.3. The molecule has 0 unspecified atom stereocenters. The van der Waals surface area contributed by atoms with E-state index in [1.807, 2.05) is 6.07 Å². The van der Waals surface area contributed by atoms with E-state index in [2.05, 4.69) is 5.10 Å². The molecule has 2 aromatic rings. The molecule has 0 aliphatic rings. The first-order valence-corrected chi connectivity index (χ1v) is 6.84. The van der Waals surface area contributed by atoms with Gasteiger partial charge in [-0.2, -0.15) is 15.0 Å². The molecule has 0 fully saturated rings. The van der Waals surface area contributed by atoms with E-state index in [0.29, 0.717) is 11.1 Å². The minimum Gasteiger partial charge on any atom is -0.442 e. The molecule has 0 aliphatic heterocycles. The van der Waals surface area contributed by atoms with Gasteiger partial charge in [-0.25, -0.2) is 13.6 Å². The third kappa shape index (κ3) is 4.13. The van der Waals surface area contributed by atoms with Crippen molar-refractivity contribution in [3.05, 3.63) is 52.9 Å². The Balaban J connectivity index is 2.22. The van der Waals surface area contributed by atoms with E-state index in [1.54, 1.807) is 20.8 Å². The van der Waals surface area contributed by atoms with Gasteiger partial charge in [0.05, 0.1) is 17.8 Å². The third-order valence-corrected chi connectivity index (χ3v) is 2.88. The number of ether oxygens (including phenoxy) is 1. The lowest BCUT2D eigenvalue weighted by Crippen LogP contribution is -2.27. The Morgan fingerprint density at radius 3 is 2.61 bits per heavy atom. The number of carbonyl (C=O) groups is 1. The van der Waals surface area contributed by atoms with E-state index in [9.17, 15) is 13.6 Å². The van der Waals surface area contributed by atoms with Gasteiger partial charge in [0.2, 0.25) is 0 Å². The van der Waals surface area contributed by atoms with Crippen LogP contribution in [-0.4, -0.2) is 21.5 Å². The number of aromatic nitrogens is 2. The lowest BCUT2D eigenvalue weighted by Gasteiger charge is -2.18. The Morgan fingerprint density at radius 2 is 2.00 bits per heavy atom. The van der Waals surface area contributed by atoms with Gasteiger partial charge in [-0.15, -0.1) is 0 Å². The highest BCUT2D eigenvalue weighted by molar-refractivity contribution is 5.69. The monoisotopic (exact) mass is 319 g/mol. The number of halogens is 2. The van der Waals surface area contributed by atoms with Crippen LogP contribution in [0.4, 0.5) is 13.6 Å². The van der Waals surface area contributed by atoms with Gasteiger partial charge in [0.1, 0.15) is 5.60 Å². The van der Waals surface area contributed by atoms with Crippen LogP contribution in [0.3, 0.4) is 0 Å². The number of rotatable bonds is 2. The van der Waals surface area contributed by atoms with Crippen LogP contribution in [0.5, 0.6) is 0 Å². The van der Waals surface area contributed by atoms with Gasteiger partial charge in [0.15, 0.2) is 11.6 Å². The Hall–Kier alpha value is -2.75. The minimum absolute atomic E-state index is 0.0360. The Labute approximate surface area is 132 Å². The number of nitriles is 1. The number of nitrogens with zero attached hydrogens (tertiary/aromatic N) is 3. The first-order valence-electron chi connectivity index (χ1n) is 6.84. The molecule has 0 saturated carbocycles. The second-order valence-electron chi connectivity index (χ2n) is 5.99. The average molecular weight is 319 g/mol. The van der Waals surface area contributed by atoms with Crippen LogP contribution < -0.4 is 0 Å². The van der Waals surface area contributed by atoms with E-state index in [4.69, 9.17) is 10.00 Å². The highest BCUT2D eigenvalue weighted by Crippen LogP contribution is 2.18. The molecule has 120 valence electrons. The zero-order valence-electron chi connectivity index (χ0n) is 12.9. The Bertz CT molecular complexity index is 786. The number of benzene rings is 1. The number of hydrogen-bond acceptors (Lipinski definition) is 4. The largest absolute Gasteiger partial charge is 0.442 e. The molecule has 1 heterocycles. The van der Waals surface area contributed by atoms with Crippen molar-refractivity contribution in [2.75, 3.05) is 0 Å². The van der Waals surface area contributed by atoms with Crippen LogP contribution in [0.15, 0.2) is 24.5 Å². The Morgan fingerprint density at radius 1 is 1.35 bits per heavy atom. The molecule has 0 radical (unpaired) electrons. The normalized spacial score (nSPS) is 11.1. The molecule has 0 spiro atoms. The van der Waals surface area contributed by atoms with Gasteiger partial charge < -0.3 is 4.74 Å². The fourth-order valence-electron chi connectivity index (χ4n) is 1.92. The van der Waals surface area contributed by atoms with Gasteiger partial charge in [0.25, 0.3) is 0 Å². The van der Waals surface area contributed by atoms with Crippen molar-refractivity contribution in [2.45, 2.75) is 32.8 Å². The summed E-state index contributed by atoms with van der Waals surface area (Å²) < 4.78 is 32.7. The summed E-state index contributed by atoms with van der Waals surface area (Å²) in [5.74, 6) is -2.10. The maximum Gasteiger partial charge on any atom is 0.435 e. The van der Waals surface area contributed by atoms with Crippen molar-refractivity contribution >= 4 is 6.09 Å². The SMILES string of the molecule is CC(C)(C)OC(=O)n1cc(Cc2cc(F)c(F)cc2C#N)cn1. The maximum absolute atomic E-state index is 13.3. The molecule has 1 aromatic carbocycles. The zero-order chi connectivity index (χ0) is 17.2. The molecule has 0 aliphatic carbocycles. The van der Waals surface area contributed by atoms with E-state index >= 15 is 0 Å². The molecular formula is C16H15F2N3O2. The van der Waals surface area contributed by atoms with Crippen molar-refractivity contribution in [1.29, 1.82) is 5.26 Å². The smallest absolute Gasteiger partial charge is 0.435 e. The number of carbonyl (C=O) groups excluding carboxylic acids is 1. The Kier molecular flexibility index (Phi) is 4.45. The number of hydrogen-bond donors (Lipinski definition) is 0. The van der Waals surface area contributed by atoms with Crippen molar-refractivity contribution in [2.24, 2.45) is 0 Å². The van der Waals surface area contributed by atoms with E-state index < -0.39 is 23.3 Å². The predicted octanol–water partition coefficient (Wildman–Crippen LogP) is 3.41. The average Bonchev–Trinajstić information content (AvgIpc) is 2.89. The standard InChI is InChI=1S/C16H15F2N3O2/c1-16(2,3)23-15(22)21-9-10(8-20-21)4-11-5-13(17)14(18)6-12(11)7-19/h5-6,8-9H,4H2,1-3H3. The zero-order valence-corrected chi connectivity index (χ0v) is 12.9. The van der Waals surface area contributed by atoms with Crippen LogP contribution in [0.25, 0.3) is 0 Å². The van der Waals surface area contributed by atoms with E-state index in [1.165, 1.54) is 12.4 Å². The van der Waals surface area contributed by atoms with Crippen LogP contribution in [0.1, 0.15) is 37.5 Å². The van der Waals surface area contributed by atoms with Crippen LogP contribution in [0.2, 0.25) is 0 Å². The molecule has 2 rings (SSSR count). The van der Waals surface area contributed by atoms with Crippen LogP contribution in [0, 0.1) is 23.0 Å². The summed E-state index contributed by atoms with van der Waals surface area (Å²) in [6, 6.07) is 3.64. The van der Waals surface area contributed by atoms with Gasteiger partial charge in [0, 0.05) is 12.6 Å². The van der Waals surface area contributed by atoms with Crippen LogP contribution >= 0.6 is 0 Å². The molecule has 0 N–H and O–H groups in total. The quantitative estimate of drug-likeness (QED) is 0.850. The predicted molar refractivity (Wildman–Crippen MR) is 77.7 cm³/mol. The highest BCUT2D eigenvalue weighted by atomic mass is 19.2. The molecular weight excluding hydrogens is 304 g/mol. The summed E-state index contributed by atoms with van der Waals surface area (Å²) in [7, 11) is 0. The van der Waals surface area contributed by atoms with E-state index in [-0.39, 0.29) is 12.0 Å². The van der Waals surface area contributed by atoms with E-state index in [0.717, 1.165) is 16.8 Å². The van der Waals surface area contributed by atoms with Crippen molar-refractivity contribution < 1.29 is 18.3 Å². The molecule has 0 bridgehead atoms. The van der Waals surface area contributed by atoms with Gasteiger partial charge >= 0.3 is 6.09 Å².